The van der Waals surface area contributed by atoms with Crippen LogP contribution in [-0.2, 0) is 19.2 Å². The van der Waals surface area contributed by atoms with E-state index in [-0.39, 0.29) is 32.6 Å². The van der Waals surface area contributed by atoms with Crippen LogP contribution >= 0.6 is 22.6 Å². The maximum absolute atomic E-state index is 11.4. The predicted octanol–water partition coefficient (Wildman–Crippen LogP) is 4.17. The molecule has 0 aliphatic rings. The second-order valence-electron chi connectivity index (χ2n) is 9.46. The lowest BCUT2D eigenvalue weighted by Gasteiger charge is -1.96. The number of nitrogens with one attached hydrogen (secondary N) is 2. The summed E-state index contributed by atoms with van der Waals surface area (Å²) in [7, 11) is 1.43. The van der Waals surface area contributed by atoms with Gasteiger partial charge in [-0.3, -0.25) is 19.2 Å². The standard InChI is InChI=1S/C19H21NO3.C12H13IO.C7H9NO2/c1-20-19(23)18(22)14-8-7-13-17-12-6-5-11-16(17)10-4-2-3-9-15-21;13-12-9-5-4-8-11(12)7-3-1-2-6-10-14;1-3-5-8-7(10)6(9)4-2/h5-6,11-12,21H,2-3,8-9,14-15H2,1H3,(H,20,23);4-5,8-9,14H,1-2,6,10H2;1H,4-5H2,2H3,(H,8,10). The first-order valence-electron chi connectivity index (χ1n) is 15.3. The first-order valence-corrected chi connectivity index (χ1v) is 16.3. The van der Waals surface area contributed by atoms with Crippen molar-refractivity contribution in [2.24, 2.45) is 0 Å². The third-order valence-electron chi connectivity index (χ3n) is 5.77. The summed E-state index contributed by atoms with van der Waals surface area (Å²) in [5.41, 5.74) is 2.76. The van der Waals surface area contributed by atoms with Crippen LogP contribution in [0.25, 0.3) is 0 Å². The summed E-state index contributed by atoms with van der Waals surface area (Å²) < 4.78 is 1.19. The molecular formula is C38H43IN2O6. The Bertz CT molecular complexity index is 1510. The van der Waals surface area contributed by atoms with Crippen LogP contribution in [0.5, 0.6) is 0 Å². The van der Waals surface area contributed by atoms with Crippen molar-refractivity contribution >= 4 is 46.0 Å². The number of rotatable bonds is 12. The molecule has 0 aromatic heterocycles. The number of likely N-dealkylation sites (N-methyl/N-ethyl adjacent to an activating group) is 1. The predicted molar refractivity (Wildman–Crippen MR) is 194 cm³/mol. The number of amides is 2. The number of halogens is 1. The lowest BCUT2D eigenvalue weighted by atomic mass is 10.1. The molecular weight excluding hydrogens is 707 g/mol. The molecule has 0 aliphatic carbocycles. The number of carbonyl (C=O) groups excluding carboxylic acids is 4. The van der Waals surface area contributed by atoms with Gasteiger partial charge in [-0.25, -0.2) is 0 Å². The zero-order valence-corrected chi connectivity index (χ0v) is 29.2. The van der Waals surface area contributed by atoms with Gasteiger partial charge in [-0.2, -0.15) is 0 Å². The van der Waals surface area contributed by atoms with Gasteiger partial charge in [-0.15, -0.1) is 6.42 Å². The van der Waals surface area contributed by atoms with E-state index in [1.807, 2.05) is 42.5 Å². The van der Waals surface area contributed by atoms with Crippen molar-refractivity contribution < 1.29 is 29.4 Å². The van der Waals surface area contributed by atoms with E-state index in [1.54, 1.807) is 6.92 Å². The maximum atomic E-state index is 11.4. The fourth-order valence-electron chi connectivity index (χ4n) is 3.21. The SMILES string of the molecule is C#CCNC(=O)C(=O)CC.CNC(=O)C(=O)CCC#Cc1ccccc1C#CCCCCO.OCCCCC#Cc1ccccc1I. The van der Waals surface area contributed by atoms with Crippen LogP contribution in [0.2, 0.25) is 0 Å². The van der Waals surface area contributed by atoms with Crippen LogP contribution in [0.4, 0.5) is 0 Å². The van der Waals surface area contributed by atoms with E-state index < -0.39 is 23.4 Å². The third kappa shape index (κ3) is 21.9. The van der Waals surface area contributed by atoms with Gasteiger partial charge in [-0.05, 0) is 72.5 Å². The second kappa shape index (κ2) is 29.0. The molecule has 8 nitrogen and oxygen atoms in total. The van der Waals surface area contributed by atoms with Gasteiger partial charge in [0.2, 0.25) is 11.6 Å². The van der Waals surface area contributed by atoms with E-state index in [2.05, 4.69) is 80.7 Å². The molecule has 0 atom stereocenters. The smallest absolute Gasteiger partial charge is 0.288 e. The van der Waals surface area contributed by atoms with Gasteiger partial charge in [0.1, 0.15) is 0 Å². The summed E-state index contributed by atoms with van der Waals surface area (Å²) >= 11 is 2.29. The van der Waals surface area contributed by atoms with Crippen LogP contribution in [0.3, 0.4) is 0 Å². The van der Waals surface area contributed by atoms with Gasteiger partial charge in [0.15, 0.2) is 0 Å². The van der Waals surface area contributed by atoms with Gasteiger partial charge >= 0.3 is 0 Å². The summed E-state index contributed by atoms with van der Waals surface area (Å²) in [4.78, 5) is 43.6. The Hall–Kier alpha value is -4.39. The van der Waals surface area contributed by atoms with Gasteiger partial charge in [0.05, 0.1) is 6.54 Å². The molecule has 0 radical (unpaired) electrons. The van der Waals surface area contributed by atoms with Crippen molar-refractivity contribution in [3.8, 4) is 47.9 Å². The van der Waals surface area contributed by atoms with Crippen molar-refractivity contribution in [3.63, 3.8) is 0 Å². The number of terminal acetylenes is 1. The van der Waals surface area contributed by atoms with Crippen molar-refractivity contribution in [2.75, 3.05) is 26.8 Å². The topological polar surface area (TPSA) is 133 Å². The second-order valence-corrected chi connectivity index (χ2v) is 10.6. The molecule has 0 aliphatic heterocycles. The molecule has 0 fully saturated rings. The number of unbranched alkanes of at least 4 members (excludes halogenated alkanes) is 4. The molecule has 2 rings (SSSR count). The van der Waals surface area contributed by atoms with Crippen molar-refractivity contribution in [3.05, 3.63) is 68.8 Å². The molecule has 0 unspecified atom stereocenters. The molecule has 9 heteroatoms. The van der Waals surface area contributed by atoms with Crippen LogP contribution in [-0.4, -0.2) is 60.4 Å². The molecule has 2 aromatic rings. The summed E-state index contributed by atoms with van der Waals surface area (Å²) in [6, 6.07) is 15.7. The van der Waals surface area contributed by atoms with Gasteiger partial charge in [-0.1, -0.05) is 72.6 Å². The Morgan fingerprint density at radius 3 is 1.68 bits per heavy atom. The van der Waals surface area contributed by atoms with E-state index in [0.717, 1.165) is 55.2 Å². The number of aliphatic hydroxyl groups excluding tert-OH is 2. The fourth-order valence-corrected chi connectivity index (χ4v) is 3.73. The highest BCUT2D eigenvalue weighted by Crippen LogP contribution is 2.10. The third-order valence-corrected chi connectivity index (χ3v) is 6.71. The zero-order valence-electron chi connectivity index (χ0n) is 27.1. The molecule has 0 heterocycles. The number of benzene rings is 2. The van der Waals surface area contributed by atoms with E-state index in [0.29, 0.717) is 6.42 Å². The zero-order chi connectivity index (χ0) is 35.1. The van der Waals surface area contributed by atoms with E-state index >= 15 is 0 Å². The molecule has 0 saturated carbocycles. The van der Waals surface area contributed by atoms with E-state index in [9.17, 15) is 19.2 Å². The van der Waals surface area contributed by atoms with Crippen LogP contribution in [0.15, 0.2) is 48.5 Å². The first-order chi connectivity index (χ1) is 22.7. The largest absolute Gasteiger partial charge is 0.396 e. The van der Waals surface area contributed by atoms with Gasteiger partial charge in [0.25, 0.3) is 11.8 Å². The molecule has 4 N–H and O–H groups in total. The molecule has 0 spiro atoms. The molecule has 47 heavy (non-hydrogen) atoms. The average molecular weight is 751 g/mol. The Labute approximate surface area is 293 Å². The Balaban J connectivity index is 0.000000748. The van der Waals surface area contributed by atoms with Crippen LogP contribution < -0.4 is 10.6 Å². The number of Topliss-reactive ketones (excluding diaryl/α,β-unsaturated/α-hetero) is 2. The fraction of sp³-hybridized carbons (Fsp3) is 0.368. The summed E-state index contributed by atoms with van der Waals surface area (Å²) in [5, 5.41) is 21.9. The molecule has 248 valence electrons. The minimum Gasteiger partial charge on any atom is -0.396 e. The number of aliphatic hydroxyl groups is 2. The van der Waals surface area contributed by atoms with Gasteiger partial charge in [0, 0.05) is 72.6 Å². The lowest BCUT2D eigenvalue weighted by molar-refractivity contribution is -0.137. The van der Waals surface area contributed by atoms with E-state index in [1.165, 1.54) is 10.6 Å². The quantitative estimate of drug-likeness (QED) is 0.112. The Morgan fingerprint density at radius 1 is 0.723 bits per heavy atom. The van der Waals surface area contributed by atoms with E-state index in [4.69, 9.17) is 16.6 Å². The summed E-state index contributed by atoms with van der Waals surface area (Å²) in [6.07, 6.45) is 10.6. The normalized spacial score (nSPS) is 8.94. The molecule has 2 aromatic carbocycles. The Morgan fingerprint density at radius 2 is 1.21 bits per heavy atom. The molecule has 2 amide bonds. The minimum absolute atomic E-state index is 0.113. The highest BCUT2D eigenvalue weighted by Gasteiger charge is 2.09. The van der Waals surface area contributed by atoms with Gasteiger partial charge < -0.3 is 20.8 Å². The van der Waals surface area contributed by atoms with Crippen LogP contribution in [0.1, 0.15) is 81.4 Å². The minimum atomic E-state index is -0.597. The number of ketones is 2. The number of hydrogen-bond donors (Lipinski definition) is 4. The maximum Gasteiger partial charge on any atom is 0.288 e. The average Bonchev–Trinajstić information content (AvgIpc) is 3.09. The van der Waals surface area contributed by atoms with Crippen molar-refractivity contribution in [2.45, 2.75) is 64.7 Å². The lowest BCUT2D eigenvalue weighted by Crippen LogP contribution is -2.30. The molecule has 0 saturated heterocycles. The Kier molecular flexibility index (Phi) is 26.3. The first kappa shape index (κ1) is 42.6. The summed E-state index contributed by atoms with van der Waals surface area (Å²) in [5.74, 6) is 18.4. The van der Waals surface area contributed by atoms with Crippen LogP contribution in [0, 0.1) is 51.4 Å². The molecule has 0 bridgehead atoms. The van der Waals surface area contributed by atoms with Crippen molar-refractivity contribution in [1.82, 2.24) is 10.6 Å². The summed E-state index contributed by atoms with van der Waals surface area (Å²) in [6.45, 7) is 2.20. The van der Waals surface area contributed by atoms with Crippen molar-refractivity contribution in [1.29, 1.82) is 0 Å². The highest BCUT2D eigenvalue weighted by molar-refractivity contribution is 14.1. The number of carbonyl (C=O) groups is 4. The number of hydrogen-bond acceptors (Lipinski definition) is 6. The highest BCUT2D eigenvalue weighted by atomic mass is 127. The monoisotopic (exact) mass is 750 g/mol.